The summed E-state index contributed by atoms with van der Waals surface area (Å²) >= 11 is 0. The van der Waals surface area contributed by atoms with Gasteiger partial charge in [-0.3, -0.25) is 4.99 Å². The van der Waals surface area contributed by atoms with Gasteiger partial charge in [-0.1, -0.05) is 19.8 Å². The first-order chi connectivity index (χ1) is 10.2. The zero-order valence-electron chi connectivity index (χ0n) is 14.3. The van der Waals surface area contributed by atoms with Crippen LogP contribution in [-0.2, 0) is 4.74 Å². The first kappa shape index (κ1) is 20.0. The van der Waals surface area contributed by atoms with Gasteiger partial charge in [0.1, 0.15) is 0 Å². The van der Waals surface area contributed by atoms with Crippen molar-refractivity contribution in [3.63, 3.8) is 0 Å². The minimum atomic E-state index is 0. The van der Waals surface area contributed by atoms with Crippen LogP contribution in [0.2, 0.25) is 0 Å². The molecule has 0 heterocycles. The van der Waals surface area contributed by atoms with Crippen LogP contribution >= 0.6 is 24.0 Å². The molecule has 22 heavy (non-hydrogen) atoms. The molecular weight excluding hydrogens is 389 g/mol. The second-order valence-electron chi connectivity index (χ2n) is 7.01. The maximum Gasteiger partial charge on any atom is 0.191 e. The number of aliphatic imine (C=N–C) groups is 1. The Bertz CT molecular complexity index is 326. The van der Waals surface area contributed by atoms with Crippen LogP contribution in [0.1, 0.15) is 58.8 Å². The van der Waals surface area contributed by atoms with Gasteiger partial charge >= 0.3 is 0 Å². The molecule has 0 atom stereocenters. The van der Waals surface area contributed by atoms with Crippen molar-refractivity contribution >= 4 is 29.9 Å². The summed E-state index contributed by atoms with van der Waals surface area (Å²) in [5.41, 5.74) is 0.426. The minimum absolute atomic E-state index is 0. The van der Waals surface area contributed by atoms with Crippen molar-refractivity contribution < 1.29 is 4.74 Å². The van der Waals surface area contributed by atoms with Crippen molar-refractivity contribution in [1.29, 1.82) is 0 Å². The Balaban J connectivity index is 0.00000242. The number of nitrogens with one attached hydrogen (secondary N) is 2. The molecule has 4 nitrogen and oxygen atoms in total. The molecule has 0 aliphatic heterocycles. The van der Waals surface area contributed by atoms with E-state index in [0.29, 0.717) is 5.41 Å². The zero-order chi connectivity index (χ0) is 15.0. The first-order valence-corrected chi connectivity index (χ1v) is 8.82. The Morgan fingerprint density at radius 2 is 1.95 bits per heavy atom. The molecular formula is C17H34IN3O. The number of guanidine groups is 1. The Kier molecular flexibility index (Phi) is 9.71. The molecule has 0 spiro atoms. The smallest absolute Gasteiger partial charge is 0.191 e. The Hall–Kier alpha value is -0.0400. The van der Waals surface area contributed by atoms with Crippen LogP contribution < -0.4 is 10.6 Å². The Morgan fingerprint density at radius 3 is 2.59 bits per heavy atom. The molecule has 0 aromatic carbocycles. The van der Waals surface area contributed by atoms with Gasteiger partial charge in [-0.25, -0.2) is 0 Å². The summed E-state index contributed by atoms with van der Waals surface area (Å²) in [5.74, 6) is 1.83. The maximum atomic E-state index is 5.66. The molecule has 2 aliphatic carbocycles. The highest BCUT2D eigenvalue weighted by Gasteiger charge is 2.28. The molecule has 0 aromatic heterocycles. The second kappa shape index (κ2) is 10.7. The lowest BCUT2D eigenvalue weighted by Gasteiger charge is -2.21. The van der Waals surface area contributed by atoms with Crippen molar-refractivity contribution in [1.82, 2.24) is 10.6 Å². The number of halogens is 1. The average Bonchev–Trinajstić information content (AvgIpc) is 3.20. The molecule has 2 saturated carbocycles. The summed E-state index contributed by atoms with van der Waals surface area (Å²) in [6.45, 7) is 9.12. The van der Waals surface area contributed by atoms with Gasteiger partial charge < -0.3 is 15.4 Å². The van der Waals surface area contributed by atoms with Gasteiger partial charge in [0.2, 0.25) is 0 Å². The number of hydrogen-bond donors (Lipinski definition) is 2. The van der Waals surface area contributed by atoms with E-state index in [0.717, 1.165) is 51.1 Å². The van der Waals surface area contributed by atoms with Gasteiger partial charge in [-0.2, -0.15) is 0 Å². The van der Waals surface area contributed by atoms with Crippen LogP contribution in [0.5, 0.6) is 0 Å². The van der Waals surface area contributed by atoms with E-state index >= 15 is 0 Å². The topological polar surface area (TPSA) is 45.7 Å². The van der Waals surface area contributed by atoms with Crippen molar-refractivity contribution in [3.8, 4) is 0 Å². The third kappa shape index (κ3) is 7.99. The lowest BCUT2D eigenvalue weighted by atomic mass is 9.89. The lowest BCUT2D eigenvalue weighted by Crippen LogP contribution is -2.38. The lowest BCUT2D eigenvalue weighted by molar-refractivity contribution is 0.123. The normalized spacial score (nSPS) is 20.5. The van der Waals surface area contributed by atoms with E-state index in [1.165, 1.54) is 38.5 Å². The highest BCUT2D eigenvalue weighted by atomic mass is 127. The highest BCUT2D eigenvalue weighted by molar-refractivity contribution is 14.0. The molecule has 0 amide bonds. The number of rotatable bonds is 9. The van der Waals surface area contributed by atoms with Gasteiger partial charge in [-0.05, 0) is 50.4 Å². The quantitative estimate of drug-likeness (QED) is 0.258. The molecule has 0 aromatic rings. The van der Waals surface area contributed by atoms with Crippen molar-refractivity contribution in [2.24, 2.45) is 16.3 Å². The van der Waals surface area contributed by atoms with Crippen molar-refractivity contribution in [2.75, 3.05) is 32.8 Å². The van der Waals surface area contributed by atoms with Gasteiger partial charge in [0.15, 0.2) is 5.96 Å². The van der Waals surface area contributed by atoms with E-state index in [-0.39, 0.29) is 24.0 Å². The Labute approximate surface area is 153 Å². The fourth-order valence-electron chi connectivity index (χ4n) is 2.91. The van der Waals surface area contributed by atoms with E-state index in [1.54, 1.807) is 0 Å². The summed E-state index contributed by atoms with van der Waals surface area (Å²) in [6, 6.07) is 0. The third-order valence-electron chi connectivity index (χ3n) is 4.58. The minimum Gasteiger partial charge on any atom is -0.381 e. The summed E-state index contributed by atoms with van der Waals surface area (Å²) in [5, 5.41) is 6.77. The third-order valence-corrected chi connectivity index (χ3v) is 4.58. The average molecular weight is 423 g/mol. The van der Waals surface area contributed by atoms with Gasteiger partial charge in [0, 0.05) is 32.8 Å². The van der Waals surface area contributed by atoms with Crippen LogP contribution in [-0.4, -0.2) is 38.8 Å². The second-order valence-corrected chi connectivity index (χ2v) is 7.01. The van der Waals surface area contributed by atoms with Gasteiger partial charge in [0.05, 0.1) is 0 Å². The van der Waals surface area contributed by atoms with Crippen LogP contribution in [0.25, 0.3) is 0 Å². The molecule has 0 unspecified atom stereocenters. The molecule has 2 aliphatic rings. The molecule has 0 bridgehead atoms. The maximum absolute atomic E-state index is 5.66. The number of ether oxygens (including phenoxy) is 1. The van der Waals surface area contributed by atoms with E-state index < -0.39 is 0 Å². The molecule has 2 fully saturated rings. The fourth-order valence-corrected chi connectivity index (χ4v) is 2.91. The molecule has 0 radical (unpaired) electrons. The summed E-state index contributed by atoms with van der Waals surface area (Å²) in [4.78, 5) is 4.78. The van der Waals surface area contributed by atoms with Crippen LogP contribution in [0, 0.1) is 11.3 Å². The SMILES string of the molecule is CCNC(=NCC1(C)CCCC1)NCCCOCC1CC1.I. The van der Waals surface area contributed by atoms with E-state index in [4.69, 9.17) is 9.73 Å². The van der Waals surface area contributed by atoms with Gasteiger partial charge in [0.25, 0.3) is 0 Å². The molecule has 2 rings (SSSR count). The molecule has 2 N–H and O–H groups in total. The van der Waals surface area contributed by atoms with Crippen molar-refractivity contribution in [3.05, 3.63) is 0 Å². The monoisotopic (exact) mass is 423 g/mol. The largest absolute Gasteiger partial charge is 0.381 e. The number of hydrogen-bond acceptors (Lipinski definition) is 2. The predicted molar refractivity (Wildman–Crippen MR) is 104 cm³/mol. The van der Waals surface area contributed by atoms with Crippen LogP contribution in [0.4, 0.5) is 0 Å². The zero-order valence-corrected chi connectivity index (χ0v) is 16.7. The summed E-state index contributed by atoms with van der Waals surface area (Å²) < 4.78 is 5.66. The summed E-state index contributed by atoms with van der Waals surface area (Å²) in [7, 11) is 0. The van der Waals surface area contributed by atoms with Crippen LogP contribution in [0.15, 0.2) is 4.99 Å². The van der Waals surface area contributed by atoms with Crippen LogP contribution in [0.3, 0.4) is 0 Å². The predicted octanol–water partition coefficient (Wildman–Crippen LogP) is 3.56. The van der Waals surface area contributed by atoms with Gasteiger partial charge in [-0.15, -0.1) is 24.0 Å². The molecule has 5 heteroatoms. The molecule has 130 valence electrons. The highest BCUT2D eigenvalue weighted by Crippen LogP contribution is 2.37. The first-order valence-electron chi connectivity index (χ1n) is 8.82. The fraction of sp³-hybridized carbons (Fsp3) is 0.941. The summed E-state index contributed by atoms with van der Waals surface area (Å²) in [6.07, 6.45) is 9.18. The van der Waals surface area contributed by atoms with E-state index in [1.807, 2.05) is 0 Å². The number of nitrogens with zero attached hydrogens (tertiary/aromatic N) is 1. The van der Waals surface area contributed by atoms with E-state index in [9.17, 15) is 0 Å². The van der Waals surface area contributed by atoms with E-state index in [2.05, 4.69) is 24.5 Å². The Morgan fingerprint density at radius 1 is 1.23 bits per heavy atom. The van der Waals surface area contributed by atoms with Crippen molar-refractivity contribution in [2.45, 2.75) is 58.8 Å². The standard InChI is InChI=1S/C17H33N3O.HI/c1-3-18-16(20-14-17(2)9-4-5-10-17)19-11-6-12-21-13-15-7-8-15;/h15H,3-14H2,1-2H3,(H2,18,19,20);1H. The molecule has 0 saturated heterocycles.